The second kappa shape index (κ2) is 9.08. The first-order chi connectivity index (χ1) is 12.0. The summed E-state index contributed by atoms with van der Waals surface area (Å²) in [6.07, 6.45) is 2.76. The van der Waals surface area contributed by atoms with E-state index in [1.54, 1.807) is 24.3 Å². The number of esters is 1. The van der Waals surface area contributed by atoms with E-state index in [0.29, 0.717) is 10.0 Å². The zero-order valence-corrected chi connectivity index (χ0v) is 15.0. The van der Waals surface area contributed by atoms with Gasteiger partial charge in [-0.15, -0.1) is 0 Å². The van der Waals surface area contributed by atoms with Crippen molar-refractivity contribution in [1.82, 2.24) is 0 Å². The van der Waals surface area contributed by atoms with Crippen molar-refractivity contribution in [2.75, 3.05) is 20.3 Å². The van der Waals surface area contributed by atoms with Crippen molar-refractivity contribution in [2.24, 2.45) is 0 Å². The third-order valence-corrected chi connectivity index (χ3v) is 3.71. The largest absolute Gasteiger partial charge is 0.503 e. The van der Waals surface area contributed by atoms with Gasteiger partial charge < -0.3 is 19.3 Å². The summed E-state index contributed by atoms with van der Waals surface area (Å²) in [4.78, 5) is 11.7. The zero-order chi connectivity index (χ0) is 18.2. The molecule has 0 fully saturated rings. The molecule has 7 heteroatoms. The normalized spacial score (nSPS) is 10.7. The highest BCUT2D eigenvalue weighted by molar-refractivity contribution is 9.10. The van der Waals surface area contributed by atoms with Crippen molar-refractivity contribution in [3.8, 4) is 17.2 Å². The number of methoxy groups -OCH3 is 1. The fourth-order valence-corrected chi connectivity index (χ4v) is 2.37. The molecule has 0 aliphatic heterocycles. The lowest BCUT2D eigenvalue weighted by molar-refractivity contribution is -0.138. The van der Waals surface area contributed by atoms with Gasteiger partial charge in [-0.3, -0.25) is 0 Å². The monoisotopic (exact) mass is 410 g/mol. The summed E-state index contributed by atoms with van der Waals surface area (Å²) in [6.45, 7) is 0.0270. The fraction of sp³-hybridized carbons (Fsp3) is 0.167. The first-order valence-corrected chi connectivity index (χ1v) is 8.09. The summed E-state index contributed by atoms with van der Waals surface area (Å²) >= 11 is 3.20. The number of carbonyl (C=O) groups is 1. The molecule has 2 aromatic carbocycles. The van der Waals surface area contributed by atoms with Crippen LogP contribution in [0, 0.1) is 5.82 Å². The SMILES string of the molecule is COc1cc(/C=C/C(=O)OCCOc2ccccc2F)cc(Br)c1O. The lowest BCUT2D eigenvalue weighted by Gasteiger charge is -2.07. The molecule has 0 aliphatic rings. The molecule has 2 aromatic rings. The molecule has 2 rings (SSSR count). The number of hydrogen-bond acceptors (Lipinski definition) is 5. The summed E-state index contributed by atoms with van der Waals surface area (Å²) in [5, 5.41) is 9.73. The van der Waals surface area contributed by atoms with Crippen LogP contribution in [0.2, 0.25) is 0 Å². The van der Waals surface area contributed by atoms with Crippen LogP contribution >= 0.6 is 15.9 Å². The number of phenols is 1. The third kappa shape index (κ3) is 5.49. The smallest absolute Gasteiger partial charge is 0.330 e. The van der Waals surface area contributed by atoms with E-state index in [-0.39, 0.29) is 30.5 Å². The van der Waals surface area contributed by atoms with Gasteiger partial charge in [0.2, 0.25) is 0 Å². The Hall–Kier alpha value is -2.54. The van der Waals surface area contributed by atoms with Gasteiger partial charge in [-0.05, 0) is 51.8 Å². The average molecular weight is 411 g/mol. The van der Waals surface area contributed by atoms with Crippen molar-refractivity contribution in [3.63, 3.8) is 0 Å². The van der Waals surface area contributed by atoms with Gasteiger partial charge in [0.05, 0.1) is 11.6 Å². The van der Waals surface area contributed by atoms with Crippen molar-refractivity contribution in [1.29, 1.82) is 0 Å². The van der Waals surface area contributed by atoms with Gasteiger partial charge in [0.15, 0.2) is 23.1 Å². The van der Waals surface area contributed by atoms with Crippen LogP contribution in [0.15, 0.2) is 46.9 Å². The molecular weight excluding hydrogens is 395 g/mol. The number of aromatic hydroxyl groups is 1. The minimum atomic E-state index is -0.569. The van der Waals surface area contributed by atoms with E-state index in [4.69, 9.17) is 14.2 Å². The Bertz CT molecular complexity index is 776. The topological polar surface area (TPSA) is 65.0 Å². The molecule has 0 unspecified atom stereocenters. The summed E-state index contributed by atoms with van der Waals surface area (Å²) in [5.74, 6) is -0.677. The Labute approximate surface area is 152 Å². The molecule has 5 nitrogen and oxygen atoms in total. The molecule has 0 amide bonds. The standard InChI is InChI=1S/C18H16BrFO5/c1-23-16-11-12(10-13(19)18(16)22)6-7-17(21)25-9-8-24-15-5-3-2-4-14(15)20/h2-7,10-11,22H,8-9H2,1H3/b7-6+. The van der Waals surface area contributed by atoms with Crippen molar-refractivity contribution >= 4 is 28.0 Å². The van der Waals surface area contributed by atoms with Crippen LogP contribution in [-0.4, -0.2) is 31.4 Å². The highest BCUT2D eigenvalue weighted by atomic mass is 79.9. The van der Waals surface area contributed by atoms with E-state index < -0.39 is 11.8 Å². The van der Waals surface area contributed by atoms with Gasteiger partial charge in [0, 0.05) is 6.08 Å². The van der Waals surface area contributed by atoms with E-state index >= 15 is 0 Å². The number of benzene rings is 2. The van der Waals surface area contributed by atoms with Gasteiger partial charge in [-0.2, -0.15) is 0 Å². The van der Waals surface area contributed by atoms with Crippen molar-refractivity contribution in [3.05, 3.63) is 58.3 Å². The van der Waals surface area contributed by atoms with Crippen LogP contribution in [0.4, 0.5) is 4.39 Å². The Balaban J connectivity index is 1.83. The first kappa shape index (κ1) is 18.8. The quantitative estimate of drug-likeness (QED) is 0.425. The molecular formula is C18H16BrFO5. The summed E-state index contributed by atoms with van der Waals surface area (Å²) in [6, 6.07) is 9.19. The van der Waals surface area contributed by atoms with E-state index in [0.717, 1.165) is 0 Å². The Kier molecular flexibility index (Phi) is 6.82. The van der Waals surface area contributed by atoms with Crippen molar-refractivity contribution < 1.29 is 28.5 Å². The first-order valence-electron chi connectivity index (χ1n) is 7.30. The van der Waals surface area contributed by atoms with Crippen LogP contribution in [0.1, 0.15) is 5.56 Å². The van der Waals surface area contributed by atoms with Crippen LogP contribution < -0.4 is 9.47 Å². The van der Waals surface area contributed by atoms with E-state index in [9.17, 15) is 14.3 Å². The number of para-hydroxylation sites is 1. The Morgan fingerprint density at radius 3 is 2.72 bits per heavy atom. The number of ether oxygens (including phenoxy) is 3. The van der Waals surface area contributed by atoms with Crippen LogP contribution in [0.25, 0.3) is 6.08 Å². The van der Waals surface area contributed by atoms with Gasteiger partial charge in [-0.1, -0.05) is 12.1 Å². The zero-order valence-electron chi connectivity index (χ0n) is 13.4. The molecule has 0 bridgehead atoms. The van der Waals surface area contributed by atoms with Crippen LogP contribution in [0.3, 0.4) is 0 Å². The molecule has 0 heterocycles. The fourth-order valence-electron chi connectivity index (χ4n) is 1.91. The minimum Gasteiger partial charge on any atom is -0.503 e. The van der Waals surface area contributed by atoms with E-state index in [2.05, 4.69) is 15.9 Å². The summed E-state index contributed by atoms with van der Waals surface area (Å²) in [7, 11) is 1.43. The maximum atomic E-state index is 13.3. The molecule has 0 spiro atoms. The Morgan fingerprint density at radius 1 is 1.24 bits per heavy atom. The number of carbonyl (C=O) groups excluding carboxylic acids is 1. The third-order valence-electron chi connectivity index (χ3n) is 3.10. The van der Waals surface area contributed by atoms with Crippen LogP contribution in [-0.2, 0) is 9.53 Å². The highest BCUT2D eigenvalue weighted by Crippen LogP contribution is 2.35. The van der Waals surface area contributed by atoms with Gasteiger partial charge in [0.25, 0.3) is 0 Å². The van der Waals surface area contributed by atoms with E-state index in [1.807, 2.05) is 0 Å². The molecule has 0 atom stereocenters. The molecule has 0 saturated carbocycles. The molecule has 132 valence electrons. The predicted octanol–water partition coefficient (Wildman–Crippen LogP) is 3.94. The maximum absolute atomic E-state index is 13.3. The molecule has 0 aromatic heterocycles. The molecule has 0 radical (unpaired) electrons. The number of hydrogen-bond donors (Lipinski definition) is 1. The predicted molar refractivity (Wildman–Crippen MR) is 94.2 cm³/mol. The summed E-state index contributed by atoms with van der Waals surface area (Å²) in [5.41, 5.74) is 0.640. The minimum absolute atomic E-state index is 0.0138. The summed E-state index contributed by atoms with van der Waals surface area (Å²) < 4.78 is 29.0. The van der Waals surface area contributed by atoms with Gasteiger partial charge in [0.1, 0.15) is 13.2 Å². The van der Waals surface area contributed by atoms with Gasteiger partial charge >= 0.3 is 5.97 Å². The second-order valence-corrected chi connectivity index (χ2v) is 5.69. The number of rotatable bonds is 7. The van der Waals surface area contributed by atoms with Crippen molar-refractivity contribution in [2.45, 2.75) is 0 Å². The Morgan fingerprint density at radius 2 is 2.00 bits per heavy atom. The molecule has 25 heavy (non-hydrogen) atoms. The number of phenolic OH excluding ortho intramolecular Hbond substituents is 1. The number of halogens is 2. The molecule has 0 aliphatic carbocycles. The molecule has 1 N–H and O–H groups in total. The lowest BCUT2D eigenvalue weighted by atomic mass is 10.2. The second-order valence-electron chi connectivity index (χ2n) is 4.83. The molecule has 0 saturated heterocycles. The lowest BCUT2D eigenvalue weighted by Crippen LogP contribution is -2.10. The maximum Gasteiger partial charge on any atom is 0.330 e. The average Bonchev–Trinajstić information content (AvgIpc) is 2.61. The van der Waals surface area contributed by atoms with E-state index in [1.165, 1.54) is 31.4 Å². The highest BCUT2D eigenvalue weighted by Gasteiger charge is 2.07. The van der Waals surface area contributed by atoms with Crippen LogP contribution in [0.5, 0.6) is 17.2 Å². The van der Waals surface area contributed by atoms with Gasteiger partial charge in [-0.25, -0.2) is 9.18 Å².